The number of aryl methyl sites for hydroxylation is 1. The maximum atomic E-state index is 3.61. The predicted molar refractivity (Wildman–Crippen MR) is 80.4 cm³/mol. The first-order valence-electron chi connectivity index (χ1n) is 7.89. The average Bonchev–Trinajstić information content (AvgIpc) is 2.67. The minimum Gasteiger partial charge on any atom is -0.312 e. The van der Waals surface area contributed by atoms with Crippen LogP contribution in [0.2, 0.25) is 0 Å². The molecule has 2 atom stereocenters. The molecule has 2 heteroatoms. The summed E-state index contributed by atoms with van der Waals surface area (Å²) in [7, 11) is 2.13. The van der Waals surface area contributed by atoms with E-state index in [4.69, 9.17) is 0 Å². The normalized spacial score (nSPS) is 28.7. The number of likely N-dealkylation sites (tertiary alicyclic amines) is 1. The van der Waals surface area contributed by atoms with Crippen LogP contribution in [0.15, 0.2) is 24.3 Å². The number of rotatable bonds is 2. The first kappa shape index (κ1) is 13.1. The van der Waals surface area contributed by atoms with Crippen LogP contribution >= 0.6 is 0 Å². The second-order valence-corrected chi connectivity index (χ2v) is 6.02. The van der Waals surface area contributed by atoms with E-state index in [1.165, 1.54) is 57.2 Å². The number of nitrogens with one attached hydrogen (secondary N) is 1. The molecule has 3 rings (SSSR count). The topological polar surface area (TPSA) is 15.3 Å². The molecule has 0 bridgehead atoms. The van der Waals surface area contributed by atoms with E-state index in [2.05, 4.69) is 41.5 Å². The van der Waals surface area contributed by atoms with E-state index in [0.29, 0.717) is 12.1 Å². The smallest absolute Gasteiger partial charge is 0.0478 e. The lowest BCUT2D eigenvalue weighted by Gasteiger charge is -2.39. The SMILES string of the molecule is CNC1c2ccccc2CCCC1N1CCCCC1. The Morgan fingerprint density at radius 3 is 2.63 bits per heavy atom. The van der Waals surface area contributed by atoms with Gasteiger partial charge in [0, 0.05) is 12.1 Å². The third kappa shape index (κ3) is 2.70. The zero-order chi connectivity index (χ0) is 13.1. The molecule has 0 radical (unpaired) electrons. The molecule has 1 aromatic carbocycles. The van der Waals surface area contributed by atoms with Crippen molar-refractivity contribution in [1.82, 2.24) is 10.2 Å². The molecule has 1 saturated heterocycles. The zero-order valence-corrected chi connectivity index (χ0v) is 12.1. The Labute approximate surface area is 117 Å². The summed E-state index contributed by atoms with van der Waals surface area (Å²) in [6.07, 6.45) is 8.10. The Balaban J connectivity index is 1.88. The van der Waals surface area contributed by atoms with E-state index in [0.717, 1.165) is 0 Å². The van der Waals surface area contributed by atoms with Crippen LogP contribution in [-0.2, 0) is 6.42 Å². The lowest BCUT2D eigenvalue weighted by Crippen LogP contribution is -2.45. The Kier molecular flexibility index (Phi) is 4.19. The lowest BCUT2D eigenvalue weighted by atomic mass is 9.94. The van der Waals surface area contributed by atoms with Crippen molar-refractivity contribution in [3.63, 3.8) is 0 Å². The molecule has 0 saturated carbocycles. The molecule has 0 amide bonds. The molecule has 19 heavy (non-hydrogen) atoms. The van der Waals surface area contributed by atoms with Crippen LogP contribution in [0.25, 0.3) is 0 Å². The Morgan fingerprint density at radius 1 is 1.05 bits per heavy atom. The highest BCUT2D eigenvalue weighted by Gasteiger charge is 2.31. The number of benzene rings is 1. The zero-order valence-electron chi connectivity index (χ0n) is 12.1. The van der Waals surface area contributed by atoms with E-state index < -0.39 is 0 Å². The fourth-order valence-electron chi connectivity index (χ4n) is 3.93. The van der Waals surface area contributed by atoms with Crippen LogP contribution in [-0.4, -0.2) is 31.1 Å². The summed E-state index contributed by atoms with van der Waals surface area (Å²) in [4.78, 5) is 2.74. The number of piperidine rings is 1. The van der Waals surface area contributed by atoms with Crippen molar-refractivity contribution in [2.24, 2.45) is 0 Å². The van der Waals surface area contributed by atoms with Crippen LogP contribution in [0.1, 0.15) is 49.3 Å². The van der Waals surface area contributed by atoms with Crippen LogP contribution in [0.5, 0.6) is 0 Å². The van der Waals surface area contributed by atoms with Crippen molar-refractivity contribution in [3.05, 3.63) is 35.4 Å². The van der Waals surface area contributed by atoms with Crippen molar-refractivity contribution >= 4 is 0 Å². The number of likely N-dealkylation sites (N-methyl/N-ethyl adjacent to an activating group) is 1. The average molecular weight is 258 g/mol. The third-order valence-electron chi connectivity index (χ3n) is 4.89. The summed E-state index contributed by atoms with van der Waals surface area (Å²) >= 11 is 0. The van der Waals surface area contributed by atoms with Gasteiger partial charge in [0.2, 0.25) is 0 Å². The maximum absolute atomic E-state index is 3.61. The van der Waals surface area contributed by atoms with E-state index in [-0.39, 0.29) is 0 Å². The van der Waals surface area contributed by atoms with Gasteiger partial charge < -0.3 is 5.32 Å². The Morgan fingerprint density at radius 2 is 1.84 bits per heavy atom. The molecule has 0 aromatic heterocycles. The van der Waals surface area contributed by atoms with Gasteiger partial charge in [-0.2, -0.15) is 0 Å². The fraction of sp³-hybridized carbons (Fsp3) is 0.647. The molecular weight excluding hydrogens is 232 g/mol. The van der Waals surface area contributed by atoms with E-state index in [1.54, 1.807) is 5.56 Å². The fourth-order valence-corrected chi connectivity index (χ4v) is 3.93. The molecule has 104 valence electrons. The van der Waals surface area contributed by atoms with Gasteiger partial charge in [0.1, 0.15) is 0 Å². The summed E-state index contributed by atoms with van der Waals surface area (Å²) in [6.45, 7) is 2.59. The molecule has 1 aliphatic heterocycles. The second-order valence-electron chi connectivity index (χ2n) is 6.02. The second kappa shape index (κ2) is 6.06. The molecule has 1 heterocycles. The van der Waals surface area contributed by atoms with Crippen LogP contribution in [0.4, 0.5) is 0 Å². The molecule has 2 nitrogen and oxygen atoms in total. The van der Waals surface area contributed by atoms with Crippen molar-refractivity contribution < 1.29 is 0 Å². The number of nitrogens with zero attached hydrogens (tertiary/aromatic N) is 1. The highest BCUT2D eigenvalue weighted by atomic mass is 15.2. The lowest BCUT2D eigenvalue weighted by molar-refractivity contribution is 0.126. The number of hydrogen-bond donors (Lipinski definition) is 1. The molecular formula is C17H26N2. The number of hydrogen-bond acceptors (Lipinski definition) is 2. The maximum Gasteiger partial charge on any atom is 0.0478 e. The molecule has 1 N–H and O–H groups in total. The number of fused-ring (bicyclic) bond motifs is 1. The van der Waals surface area contributed by atoms with E-state index in [1.807, 2.05) is 0 Å². The molecule has 0 spiro atoms. The van der Waals surface area contributed by atoms with Gasteiger partial charge in [-0.25, -0.2) is 0 Å². The first-order valence-corrected chi connectivity index (χ1v) is 7.89. The standard InChI is InChI=1S/C17H26N2/c1-18-17-15-10-4-3-8-14(15)9-7-11-16(17)19-12-5-2-6-13-19/h3-4,8,10,16-18H,2,5-7,9,11-13H2,1H3. The van der Waals surface area contributed by atoms with Gasteiger partial charge in [-0.05, 0) is 63.4 Å². The van der Waals surface area contributed by atoms with E-state index >= 15 is 0 Å². The van der Waals surface area contributed by atoms with Gasteiger partial charge in [0.15, 0.2) is 0 Å². The van der Waals surface area contributed by atoms with Crippen LogP contribution in [0.3, 0.4) is 0 Å². The van der Waals surface area contributed by atoms with Crippen LogP contribution in [0, 0.1) is 0 Å². The summed E-state index contributed by atoms with van der Waals surface area (Å²) in [5.74, 6) is 0. The van der Waals surface area contributed by atoms with Gasteiger partial charge in [-0.15, -0.1) is 0 Å². The third-order valence-corrected chi connectivity index (χ3v) is 4.89. The molecule has 2 unspecified atom stereocenters. The van der Waals surface area contributed by atoms with Gasteiger partial charge in [0.05, 0.1) is 0 Å². The van der Waals surface area contributed by atoms with Gasteiger partial charge >= 0.3 is 0 Å². The molecule has 1 aliphatic carbocycles. The Hall–Kier alpha value is -0.860. The van der Waals surface area contributed by atoms with Crippen LogP contribution < -0.4 is 5.32 Å². The van der Waals surface area contributed by atoms with Crippen molar-refractivity contribution in [2.45, 2.75) is 50.6 Å². The van der Waals surface area contributed by atoms with Crippen molar-refractivity contribution in [3.8, 4) is 0 Å². The minimum atomic E-state index is 0.511. The summed E-state index contributed by atoms with van der Waals surface area (Å²) < 4.78 is 0. The summed E-state index contributed by atoms with van der Waals surface area (Å²) in [5.41, 5.74) is 3.10. The highest BCUT2D eigenvalue weighted by Crippen LogP contribution is 2.32. The summed E-state index contributed by atoms with van der Waals surface area (Å²) in [5, 5.41) is 3.61. The minimum absolute atomic E-state index is 0.511. The molecule has 2 aliphatic rings. The predicted octanol–water partition coefficient (Wildman–Crippen LogP) is 3.14. The van der Waals surface area contributed by atoms with Crippen molar-refractivity contribution in [1.29, 1.82) is 0 Å². The van der Waals surface area contributed by atoms with Crippen molar-refractivity contribution in [2.75, 3.05) is 20.1 Å². The van der Waals surface area contributed by atoms with E-state index in [9.17, 15) is 0 Å². The largest absolute Gasteiger partial charge is 0.312 e. The van der Waals surface area contributed by atoms with Gasteiger partial charge in [0.25, 0.3) is 0 Å². The first-order chi connectivity index (χ1) is 9.40. The quantitative estimate of drug-likeness (QED) is 0.820. The highest BCUT2D eigenvalue weighted by molar-refractivity contribution is 5.32. The molecule has 1 aromatic rings. The van der Waals surface area contributed by atoms with Gasteiger partial charge in [-0.1, -0.05) is 30.7 Å². The summed E-state index contributed by atoms with van der Waals surface area (Å²) in [6, 6.07) is 10.2. The monoisotopic (exact) mass is 258 g/mol. The molecule has 1 fully saturated rings. The Bertz CT molecular complexity index is 409. The van der Waals surface area contributed by atoms with Gasteiger partial charge in [-0.3, -0.25) is 4.90 Å².